The number of nitrogens with one attached hydrogen (secondary N) is 1. The first-order chi connectivity index (χ1) is 14.9. The molecular formula is C24H23N3O3S. The first kappa shape index (κ1) is 20.8. The van der Waals surface area contributed by atoms with Crippen molar-refractivity contribution < 1.29 is 4.79 Å². The molecule has 2 heterocycles. The summed E-state index contributed by atoms with van der Waals surface area (Å²) in [6.07, 6.45) is 0. The monoisotopic (exact) mass is 433 g/mol. The second-order valence-corrected chi connectivity index (χ2v) is 8.50. The predicted octanol–water partition coefficient (Wildman–Crippen LogP) is 3.21. The molecule has 0 fully saturated rings. The maximum atomic E-state index is 13.2. The summed E-state index contributed by atoms with van der Waals surface area (Å²) in [7, 11) is 0. The van der Waals surface area contributed by atoms with Crippen LogP contribution in [0.3, 0.4) is 0 Å². The molecule has 4 rings (SSSR count). The van der Waals surface area contributed by atoms with Crippen LogP contribution in [0.25, 0.3) is 10.2 Å². The van der Waals surface area contributed by atoms with Gasteiger partial charge in [-0.2, -0.15) is 0 Å². The van der Waals surface area contributed by atoms with E-state index in [4.69, 9.17) is 0 Å². The molecule has 0 aliphatic rings. The van der Waals surface area contributed by atoms with E-state index in [9.17, 15) is 14.4 Å². The summed E-state index contributed by atoms with van der Waals surface area (Å²) < 4.78 is 3.07. The molecule has 1 N–H and O–H groups in total. The van der Waals surface area contributed by atoms with Crippen LogP contribution in [-0.2, 0) is 24.4 Å². The van der Waals surface area contributed by atoms with Crippen LogP contribution < -0.4 is 16.6 Å². The lowest BCUT2D eigenvalue weighted by Gasteiger charge is -2.13. The summed E-state index contributed by atoms with van der Waals surface area (Å²) in [5, 5.41) is 4.59. The van der Waals surface area contributed by atoms with Gasteiger partial charge in [0.05, 0.1) is 12.1 Å². The Hall–Kier alpha value is -3.45. The largest absolute Gasteiger partial charge is 0.350 e. The molecule has 158 valence electrons. The van der Waals surface area contributed by atoms with Gasteiger partial charge in [-0.25, -0.2) is 9.36 Å². The second-order valence-electron chi connectivity index (χ2n) is 7.58. The minimum Gasteiger partial charge on any atom is -0.350 e. The van der Waals surface area contributed by atoms with E-state index in [-0.39, 0.29) is 12.5 Å². The molecule has 2 aromatic carbocycles. The summed E-state index contributed by atoms with van der Waals surface area (Å²) in [5.74, 6) is -0.377. The molecule has 7 heteroatoms. The highest BCUT2D eigenvalue weighted by Gasteiger charge is 2.17. The fourth-order valence-electron chi connectivity index (χ4n) is 3.49. The quantitative estimate of drug-likeness (QED) is 0.508. The smallest absolute Gasteiger partial charge is 0.332 e. The van der Waals surface area contributed by atoms with Gasteiger partial charge in [-0.15, -0.1) is 11.3 Å². The van der Waals surface area contributed by atoms with Crippen molar-refractivity contribution in [1.82, 2.24) is 14.5 Å². The zero-order valence-corrected chi connectivity index (χ0v) is 18.2. The number of carbonyl (C=O) groups excluding carboxylic acids is 1. The van der Waals surface area contributed by atoms with Crippen molar-refractivity contribution in [3.8, 4) is 0 Å². The average Bonchev–Trinajstić information content (AvgIpc) is 3.25. The standard InChI is InChI=1S/C24H23N3O3S/c1-16-7-9-18(10-8-16)13-25-21(28)15-27-23(29)22-20(11-12-31-22)26(24(27)30)14-19-6-4-3-5-17(19)2/h3-12H,13-15H2,1-2H3,(H,25,28). The number of nitrogens with zero attached hydrogens (tertiary/aromatic N) is 2. The molecular weight excluding hydrogens is 410 g/mol. The van der Waals surface area contributed by atoms with Crippen molar-refractivity contribution >= 4 is 27.5 Å². The van der Waals surface area contributed by atoms with Crippen LogP contribution in [0, 0.1) is 13.8 Å². The van der Waals surface area contributed by atoms with Crippen molar-refractivity contribution in [3.63, 3.8) is 0 Å². The summed E-state index contributed by atoms with van der Waals surface area (Å²) in [4.78, 5) is 38.7. The number of rotatable bonds is 6. The van der Waals surface area contributed by atoms with Gasteiger partial charge in [0, 0.05) is 6.54 Å². The SMILES string of the molecule is Cc1ccc(CNC(=O)Cn2c(=O)c3sccc3n(Cc3ccccc3C)c2=O)cc1. The number of amides is 1. The fourth-order valence-corrected chi connectivity index (χ4v) is 4.33. The minimum atomic E-state index is -0.482. The average molecular weight is 434 g/mol. The van der Waals surface area contributed by atoms with E-state index in [2.05, 4.69) is 5.32 Å². The summed E-state index contributed by atoms with van der Waals surface area (Å²) >= 11 is 1.28. The van der Waals surface area contributed by atoms with E-state index >= 15 is 0 Å². The van der Waals surface area contributed by atoms with Gasteiger partial charge in [-0.3, -0.25) is 14.2 Å². The normalized spacial score (nSPS) is 11.0. The lowest BCUT2D eigenvalue weighted by molar-refractivity contribution is -0.121. The second kappa shape index (κ2) is 8.73. The first-order valence-corrected chi connectivity index (χ1v) is 10.9. The molecule has 0 atom stereocenters. The predicted molar refractivity (Wildman–Crippen MR) is 124 cm³/mol. The highest BCUT2D eigenvalue weighted by molar-refractivity contribution is 7.17. The van der Waals surface area contributed by atoms with Crippen LogP contribution in [0.15, 0.2) is 69.6 Å². The Bertz CT molecular complexity index is 1360. The topological polar surface area (TPSA) is 73.1 Å². The minimum absolute atomic E-state index is 0.314. The van der Waals surface area contributed by atoms with Crippen molar-refractivity contribution in [2.24, 2.45) is 0 Å². The first-order valence-electron chi connectivity index (χ1n) is 10.0. The maximum absolute atomic E-state index is 13.2. The van der Waals surface area contributed by atoms with Gasteiger partial charge >= 0.3 is 5.69 Å². The van der Waals surface area contributed by atoms with Gasteiger partial charge in [0.2, 0.25) is 5.91 Å². The van der Waals surface area contributed by atoms with Gasteiger partial charge in [0.15, 0.2) is 0 Å². The van der Waals surface area contributed by atoms with Gasteiger partial charge in [0.1, 0.15) is 11.2 Å². The van der Waals surface area contributed by atoms with Crippen LogP contribution in [0.5, 0.6) is 0 Å². The zero-order valence-electron chi connectivity index (χ0n) is 17.4. The number of hydrogen-bond donors (Lipinski definition) is 1. The molecule has 31 heavy (non-hydrogen) atoms. The van der Waals surface area contributed by atoms with Crippen molar-refractivity contribution in [2.45, 2.75) is 33.5 Å². The molecule has 4 aromatic rings. The lowest BCUT2D eigenvalue weighted by atomic mass is 10.1. The lowest BCUT2D eigenvalue weighted by Crippen LogP contribution is -2.43. The van der Waals surface area contributed by atoms with Crippen LogP contribution in [0.1, 0.15) is 22.3 Å². The van der Waals surface area contributed by atoms with Crippen molar-refractivity contribution in [2.75, 3.05) is 0 Å². The Kier molecular flexibility index (Phi) is 5.86. The maximum Gasteiger partial charge on any atom is 0.332 e. The van der Waals surface area contributed by atoms with E-state index in [1.165, 1.54) is 11.3 Å². The van der Waals surface area contributed by atoms with Crippen LogP contribution in [0.2, 0.25) is 0 Å². The Morgan fingerprint density at radius 1 is 0.968 bits per heavy atom. The molecule has 0 aliphatic carbocycles. The Morgan fingerprint density at radius 3 is 2.45 bits per heavy atom. The zero-order chi connectivity index (χ0) is 22.0. The Morgan fingerprint density at radius 2 is 1.71 bits per heavy atom. The number of aromatic nitrogens is 2. The molecule has 6 nitrogen and oxygen atoms in total. The number of thiophene rings is 1. The van der Waals surface area contributed by atoms with E-state index in [0.29, 0.717) is 23.3 Å². The van der Waals surface area contributed by atoms with Gasteiger partial charge < -0.3 is 5.32 Å². The molecule has 0 unspecified atom stereocenters. The Balaban J connectivity index is 1.64. The summed E-state index contributed by atoms with van der Waals surface area (Å²) in [5.41, 5.74) is 3.83. The third-order valence-electron chi connectivity index (χ3n) is 5.34. The fraction of sp³-hybridized carbons (Fsp3) is 0.208. The number of aryl methyl sites for hydroxylation is 2. The van der Waals surface area contributed by atoms with E-state index in [1.807, 2.05) is 62.4 Å². The number of carbonyl (C=O) groups is 1. The highest BCUT2D eigenvalue weighted by atomic mass is 32.1. The third-order valence-corrected chi connectivity index (χ3v) is 6.23. The number of benzene rings is 2. The molecule has 2 aromatic heterocycles. The molecule has 0 saturated carbocycles. The summed E-state index contributed by atoms with van der Waals surface area (Å²) in [6.45, 7) is 4.35. The Labute approximate surface area is 183 Å². The number of hydrogen-bond acceptors (Lipinski definition) is 4. The van der Waals surface area contributed by atoms with E-state index in [1.54, 1.807) is 16.0 Å². The summed E-state index contributed by atoms with van der Waals surface area (Å²) in [6, 6.07) is 17.4. The van der Waals surface area contributed by atoms with Crippen LogP contribution in [0.4, 0.5) is 0 Å². The molecule has 0 bridgehead atoms. The van der Waals surface area contributed by atoms with Gasteiger partial charge in [0.25, 0.3) is 5.56 Å². The molecule has 0 radical (unpaired) electrons. The molecule has 0 saturated heterocycles. The van der Waals surface area contributed by atoms with Crippen molar-refractivity contribution in [1.29, 1.82) is 0 Å². The molecule has 0 aliphatic heterocycles. The van der Waals surface area contributed by atoms with E-state index in [0.717, 1.165) is 26.8 Å². The van der Waals surface area contributed by atoms with Crippen LogP contribution >= 0.6 is 11.3 Å². The van der Waals surface area contributed by atoms with Gasteiger partial charge in [-0.05, 0) is 42.0 Å². The van der Waals surface area contributed by atoms with E-state index < -0.39 is 11.2 Å². The number of fused-ring (bicyclic) bond motifs is 1. The van der Waals surface area contributed by atoms with Gasteiger partial charge in [-0.1, -0.05) is 54.1 Å². The van der Waals surface area contributed by atoms with Crippen molar-refractivity contribution in [3.05, 3.63) is 103 Å². The highest BCUT2D eigenvalue weighted by Crippen LogP contribution is 2.17. The van der Waals surface area contributed by atoms with Crippen LogP contribution in [-0.4, -0.2) is 15.0 Å². The third kappa shape index (κ3) is 4.36. The molecule has 0 spiro atoms. The molecule has 1 amide bonds.